The molecule has 0 radical (unpaired) electrons. The molecule has 0 bridgehead atoms. The monoisotopic (exact) mass is 574 g/mol. The molecule has 226 valence electrons. The Balaban J connectivity index is 1.07. The minimum atomic E-state index is -0.171. The number of rotatable bonds is 19. The molecule has 2 aromatic carbocycles. The summed E-state index contributed by atoms with van der Waals surface area (Å²) < 4.78 is 0. The number of unbranched alkanes of at least 4 members (excludes halogenated alkanes) is 3. The van der Waals surface area contributed by atoms with Crippen molar-refractivity contribution in [1.82, 2.24) is 20.4 Å². The van der Waals surface area contributed by atoms with Crippen molar-refractivity contribution in [3.63, 3.8) is 0 Å². The van der Waals surface area contributed by atoms with Crippen molar-refractivity contribution in [1.29, 1.82) is 0 Å². The molecule has 0 spiro atoms. The molecule has 0 aliphatic carbocycles. The normalized spacial score (nSPS) is 15.9. The van der Waals surface area contributed by atoms with Gasteiger partial charge in [0, 0.05) is 13.1 Å². The van der Waals surface area contributed by atoms with E-state index in [0.29, 0.717) is 35.3 Å². The predicted molar refractivity (Wildman–Crippen MR) is 165 cm³/mol. The van der Waals surface area contributed by atoms with Crippen LogP contribution in [0.5, 0.6) is 0 Å². The van der Waals surface area contributed by atoms with E-state index in [0.717, 1.165) is 77.5 Å². The smallest absolute Gasteiger partial charge is 0.261 e. The number of carbonyl (C=O) groups is 4. The van der Waals surface area contributed by atoms with Crippen LogP contribution >= 0.6 is 0 Å². The number of hydrogen-bond donors (Lipinski definition) is 2. The Kier molecular flexibility index (Phi) is 11.8. The number of amides is 4. The highest BCUT2D eigenvalue weighted by molar-refractivity contribution is 6.22. The molecule has 2 aliphatic heterocycles. The fraction of sp³-hybridized carbons (Fsp3) is 0.529. The third-order valence-electron chi connectivity index (χ3n) is 8.35. The van der Waals surface area contributed by atoms with E-state index < -0.39 is 0 Å². The van der Waals surface area contributed by atoms with Crippen molar-refractivity contribution in [2.75, 3.05) is 39.3 Å². The van der Waals surface area contributed by atoms with E-state index in [-0.39, 0.29) is 35.5 Å². The molecule has 8 nitrogen and oxygen atoms in total. The first-order valence-corrected chi connectivity index (χ1v) is 15.8. The van der Waals surface area contributed by atoms with E-state index in [1.807, 2.05) is 0 Å². The van der Waals surface area contributed by atoms with Crippen LogP contribution in [0.4, 0.5) is 0 Å². The van der Waals surface area contributed by atoms with Gasteiger partial charge in [0.1, 0.15) is 0 Å². The Hall–Kier alpha value is -3.36. The second kappa shape index (κ2) is 15.8. The molecule has 4 amide bonds. The Morgan fingerprint density at radius 1 is 0.548 bits per heavy atom. The maximum atomic E-state index is 12.7. The van der Waals surface area contributed by atoms with E-state index >= 15 is 0 Å². The first-order valence-electron chi connectivity index (χ1n) is 15.8. The molecule has 2 aromatic rings. The summed E-state index contributed by atoms with van der Waals surface area (Å²) in [5, 5.41) is 7.10. The summed E-state index contributed by atoms with van der Waals surface area (Å²) in [4.78, 5) is 53.8. The van der Waals surface area contributed by atoms with Gasteiger partial charge < -0.3 is 10.6 Å². The van der Waals surface area contributed by atoms with Crippen LogP contribution in [-0.2, 0) is 0 Å². The molecule has 0 saturated carbocycles. The van der Waals surface area contributed by atoms with Crippen LogP contribution in [0.1, 0.15) is 107 Å². The molecule has 0 fully saturated rings. The van der Waals surface area contributed by atoms with Gasteiger partial charge in [-0.2, -0.15) is 0 Å². The van der Waals surface area contributed by atoms with Crippen LogP contribution in [0.3, 0.4) is 0 Å². The summed E-state index contributed by atoms with van der Waals surface area (Å²) in [5.74, 6) is -0.190. The van der Waals surface area contributed by atoms with E-state index in [1.165, 1.54) is 9.80 Å². The molecule has 2 unspecified atom stereocenters. The average Bonchev–Trinajstić information content (AvgIpc) is 3.38. The fourth-order valence-corrected chi connectivity index (χ4v) is 6.12. The Morgan fingerprint density at radius 2 is 0.881 bits per heavy atom. The lowest BCUT2D eigenvalue weighted by Gasteiger charge is -2.23. The number of carbonyl (C=O) groups excluding carboxylic acids is 4. The molecule has 2 heterocycles. The zero-order valence-corrected chi connectivity index (χ0v) is 25.2. The summed E-state index contributed by atoms with van der Waals surface area (Å²) in [7, 11) is 0. The topological polar surface area (TPSA) is 98.8 Å². The number of benzene rings is 2. The van der Waals surface area contributed by atoms with Crippen LogP contribution in [-0.4, -0.2) is 72.7 Å². The van der Waals surface area contributed by atoms with Crippen LogP contribution in [0.25, 0.3) is 0 Å². The van der Waals surface area contributed by atoms with Gasteiger partial charge in [-0.1, -0.05) is 63.8 Å². The van der Waals surface area contributed by atoms with Gasteiger partial charge in [-0.15, -0.1) is 0 Å². The minimum absolute atomic E-state index is 0.171. The summed E-state index contributed by atoms with van der Waals surface area (Å²) >= 11 is 0. The highest BCUT2D eigenvalue weighted by Crippen LogP contribution is 2.25. The highest BCUT2D eigenvalue weighted by atomic mass is 16.2. The number of fused-ring (bicyclic) bond motifs is 2. The molecule has 2 aliphatic rings. The second-order valence-electron chi connectivity index (χ2n) is 11.7. The number of imide groups is 2. The molecule has 4 rings (SSSR count). The van der Waals surface area contributed by atoms with Gasteiger partial charge in [0.05, 0.1) is 22.3 Å². The number of nitrogens with one attached hydrogen (secondary N) is 2. The van der Waals surface area contributed by atoms with E-state index in [9.17, 15) is 19.2 Å². The van der Waals surface area contributed by atoms with Crippen molar-refractivity contribution in [2.24, 2.45) is 11.8 Å². The van der Waals surface area contributed by atoms with Crippen molar-refractivity contribution in [3.8, 4) is 0 Å². The lowest BCUT2D eigenvalue weighted by molar-refractivity contribution is 0.0610. The molecule has 2 N–H and O–H groups in total. The fourth-order valence-electron chi connectivity index (χ4n) is 6.12. The van der Waals surface area contributed by atoms with E-state index in [4.69, 9.17) is 0 Å². The number of hydrogen-bond acceptors (Lipinski definition) is 6. The van der Waals surface area contributed by atoms with Gasteiger partial charge in [-0.25, -0.2) is 0 Å². The van der Waals surface area contributed by atoms with Gasteiger partial charge in [0.2, 0.25) is 0 Å². The highest BCUT2D eigenvalue weighted by Gasteiger charge is 2.37. The Bertz CT molecular complexity index is 1080. The van der Waals surface area contributed by atoms with Crippen LogP contribution in [0.15, 0.2) is 48.5 Å². The van der Waals surface area contributed by atoms with Crippen LogP contribution < -0.4 is 10.6 Å². The van der Waals surface area contributed by atoms with Gasteiger partial charge in [-0.05, 0) is 88.0 Å². The summed E-state index contributed by atoms with van der Waals surface area (Å²) in [5.41, 5.74) is 2.07. The van der Waals surface area contributed by atoms with Crippen molar-refractivity contribution in [2.45, 2.75) is 65.2 Å². The molecule has 42 heavy (non-hydrogen) atoms. The van der Waals surface area contributed by atoms with Crippen molar-refractivity contribution >= 4 is 23.6 Å². The Labute approximate surface area is 250 Å². The summed E-state index contributed by atoms with van der Waals surface area (Å²) in [6, 6.07) is 14.2. The van der Waals surface area contributed by atoms with Crippen molar-refractivity contribution in [3.05, 3.63) is 70.8 Å². The molecular weight excluding hydrogens is 528 g/mol. The molecule has 8 heteroatoms. The van der Waals surface area contributed by atoms with E-state index in [2.05, 4.69) is 24.5 Å². The molecular formula is C34H46N4O4. The zero-order valence-electron chi connectivity index (χ0n) is 25.2. The zero-order chi connectivity index (χ0) is 29.9. The minimum Gasteiger partial charge on any atom is -0.316 e. The molecule has 0 saturated heterocycles. The average molecular weight is 575 g/mol. The quantitative estimate of drug-likeness (QED) is 0.178. The largest absolute Gasteiger partial charge is 0.316 e. The predicted octanol–water partition coefficient (Wildman–Crippen LogP) is 5.15. The third kappa shape index (κ3) is 7.72. The van der Waals surface area contributed by atoms with Crippen LogP contribution in [0, 0.1) is 11.8 Å². The van der Waals surface area contributed by atoms with Crippen LogP contribution in [0.2, 0.25) is 0 Å². The number of nitrogens with zero attached hydrogens (tertiary/aromatic N) is 2. The molecule has 2 atom stereocenters. The van der Waals surface area contributed by atoms with Gasteiger partial charge in [0.15, 0.2) is 0 Å². The first kappa shape index (κ1) is 31.6. The third-order valence-corrected chi connectivity index (χ3v) is 8.35. The maximum absolute atomic E-state index is 12.7. The van der Waals surface area contributed by atoms with Crippen molar-refractivity contribution < 1.29 is 19.2 Å². The first-order chi connectivity index (χ1) is 20.5. The lowest BCUT2D eigenvalue weighted by Crippen LogP contribution is -2.38. The second-order valence-corrected chi connectivity index (χ2v) is 11.7. The standard InChI is InChI=1S/C34H46N4O4/c1-3-13-25(23-37-31(39)27-15-7-8-16-28(27)32(37)40)21-35-19-11-5-6-12-20-36-22-26(14-4-2)24-38-33(41)29-17-9-10-18-30(29)34(38)42/h7-10,15-18,25-26,35-36H,3-6,11-14,19-24H2,1-2H3. The Morgan fingerprint density at radius 3 is 1.19 bits per heavy atom. The van der Waals surface area contributed by atoms with E-state index in [1.54, 1.807) is 48.5 Å². The van der Waals surface area contributed by atoms with Gasteiger partial charge in [0.25, 0.3) is 23.6 Å². The lowest BCUT2D eigenvalue weighted by atomic mass is 10.0. The molecule has 0 aromatic heterocycles. The SMILES string of the molecule is CCCC(CNCCCCCCNCC(CCC)CN1C(=O)c2ccccc2C1=O)CN1C(=O)c2ccccc2C1=O. The summed E-state index contributed by atoms with van der Waals surface area (Å²) in [6.07, 6.45) is 8.42. The maximum Gasteiger partial charge on any atom is 0.261 e. The van der Waals surface area contributed by atoms with Gasteiger partial charge in [-0.3, -0.25) is 29.0 Å². The summed E-state index contributed by atoms with van der Waals surface area (Å²) in [6.45, 7) is 8.65. The van der Waals surface area contributed by atoms with Gasteiger partial charge >= 0.3 is 0 Å².